The predicted molar refractivity (Wildman–Crippen MR) is 112 cm³/mol. The van der Waals surface area contributed by atoms with Crippen molar-refractivity contribution in [3.63, 3.8) is 0 Å². The summed E-state index contributed by atoms with van der Waals surface area (Å²) in [4.78, 5) is 15.0. The largest absolute Gasteiger partial charge is 0.352 e. The van der Waals surface area contributed by atoms with Crippen molar-refractivity contribution < 1.29 is 4.79 Å². The fourth-order valence-corrected chi connectivity index (χ4v) is 4.06. The van der Waals surface area contributed by atoms with Crippen LogP contribution in [0.3, 0.4) is 0 Å². The lowest BCUT2D eigenvalue weighted by atomic mass is 9.74. The van der Waals surface area contributed by atoms with Gasteiger partial charge in [0.25, 0.3) is 0 Å². The summed E-state index contributed by atoms with van der Waals surface area (Å²) in [6, 6.07) is 8.64. The van der Waals surface area contributed by atoms with Gasteiger partial charge < -0.3 is 11.1 Å². The van der Waals surface area contributed by atoms with Crippen molar-refractivity contribution in [3.05, 3.63) is 35.4 Å². The first kappa shape index (κ1) is 23.2. The molecule has 1 aliphatic heterocycles. The molecule has 26 heavy (non-hydrogen) atoms. The molecule has 2 unspecified atom stereocenters. The fraction of sp³-hybridized carbons (Fsp3) is 0.650. The van der Waals surface area contributed by atoms with E-state index in [1.165, 1.54) is 31.5 Å². The summed E-state index contributed by atoms with van der Waals surface area (Å²) >= 11 is 0. The number of nitrogens with one attached hydrogen (secondary N) is 1. The lowest BCUT2D eigenvalue weighted by Gasteiger charge is -2.37. The van der Waals surface area contributed by atoms with Crippen LogP contribution in [0.5, 0.6) is 0 Å². The summed E-state index contributed by atoms with van der Waals surface area (Å²) in [7, 11) is 0. The van der Waals surface area contributed by atoms with E-state index in [2.05, 4.69) is 34.5 Å². The van der Waals surface area contributed by atoms with Crippen LogP contribution in [0.15, 0.2) is 24.3 Å². The summed E-state index contributed by atoms with van der Waals surface area (Å²) in [5.41, 5.74) is 8.48. The highest BCUT2D eigenvalue weighted by molar-refractivity contribution is 5.85. The van der Waals surface area contributed by atoms with E-state index in [1.807, 2.05) is 6.92 Å². The molecule has 1 aromatic carbocycles. The maximum Gasteiger partial charge on any atom is 0.225 e. The van der Waals surface area contributed by atoms with Crippen LogP contribution in [-0.2, 0) is 17.9 Å². The van der Waals surface area contributed by atoms with Gasteiger partial charge in [0.1, 0.15) is 0 Å². The predicted octanol–water partition coefficient (Wildman–Crippen LogP) is 3.65. The van der Waals surface area contributed by atoms with E-state index in [4.69, 9.17) is 5.73 Å². The quantitative estimate of drug-likeness (QED) is 0.791. The van der Waals surface area contributed by atoms with Gasteiger partial charge in [0.05, 0.1) is 5.92 Å². The van der Waals surface area contributed by atoms with Gasteiger partial charge in [-0.1, -0.05) is 37.1 Å². The average Bonchev–Trinajstić information content (AvgIpc) is 3.06. The fourth-order valence-electron chi connectivity index (χ4n) is 4.06. The Morgan fingerprint density at radius 1 is 1.12 bits per heavy atom. The molecule has 0 aromatic heterocycles. The zero-order valence-corrected chi connectivity index (χ0v) is 17.3. The lowest BCUT2D eigenvalue weighted by molar-refractivity contribution is -0.128. The third-order valence-corrected chi connectivity index (χ3v) is 5.67. The summed E-state index contributed by atoms with van der Waals surface area (Å²) in [5, 5.41) is 3.09. The Hall–Kier alpha value is -0.810. The molecule has 3 rings (SSSR count). The summed E-state index contributed by atoms with van der Waals surface area (Å²) < 4.78 is 0. The van der Waals surface area contributed by atoms with Crippen LogP contribution in [-0.4, -0.2) is 29.4 Å². The van der Waals surface area contributed by atoms with Crippen LogP contribution in [0.4, 0.5) is 0 Å². The van der Waals surface area contributed by atoms with Gasteiger partial charge in [0.15, 0.2) is 0 Å². The third-order valence-electron chi connectivity index (χ3n) is 5.67. The van der Waals surface area contributed by atoms with Crippen molar-refractivity contribution in [1.29, 1.82) is 0 Å². The highest BCUT2D eigenvalue weighted by Crippen LogP contribution is 2.31. The van der Waals surface area contributed by atoms with Crippen LogP contribution < -0.4 is 11.1 Å². The van der Waals surface area contributed by atoms with Crippen molar-refractivity contribution in [1.82, 2.24) is 10.2 Å². The summed E-state index contributed by atoms with van der Waals surface area (Å²) in [6.07, 6.45) is 6.74. The average molecular weight is 402 g/mol. The van der Waals surface area contributed by atoms with Gasteiger partial charge in [-0.3, -0.25) is 9.69 Å². The number of benzene rings is 1. The molecule has 148 valence electrons. The Morgan fingerprint density at radius 2 is 1.73 bits per heavy atom. The van der Waals surface area contributed by atoms with E-state index in [-0.39, 0.29) is 42.2 Å². The van der Waals surface area contributed by atoms with Crippen LogP contribution >= 0.6 is 24.8 Å². The van der Waals surface area contributed by atoms with E-state index in [0.717, 1.165) is 37.8 Å². The van der Waals surface area contributed by atoms with E-state index in [0.29, 0.717) is 6.54 Å². The zero-order valence-electron chi connectivity index (χ0n) is 15.7. The van der Waals surface area contributed by atoms with Crippen molar-refractivity contribution in [3.8, 4) is 0 Å². The summed E-state index contributed by atoms with van der Waals surface area (Å²) in [6.45, 7) is 6.09. The minimum Gasteiger partial charge on any atom is -0.352 e. The van der Waals surface area contributed by atoms with E-state index >= 15 is 0 Å². The Labute approximate surface area is 170 Å². The monoisotopic (exact) mass is 401 g/mol. The Morgan fingerprint density at radius 3 is 2.35 bits per heavy atom. The molecule has 2 fully saturated rings. The van der Waals surface area contributed by atoms with Crippen LogP contribution in [0, 0.1) is 5.92 Å². The molecule has 1 aromatic rings. The summed E-state index contributed by atoms with van der Waals surface area (Å²) in [5.74, 6) is 0.0570. The van der Waals surface area contributed by atoms with Gasteiger partial charge in [0.2, 0.25) is 5.91 Å². The highest BCUT2D eigenvalue weighted by Gasteiger charge is 2.37. The zero-order chi connectivity index (χ0) is 17.0. The number of likely N-dealkylation sites (tertiary alicyclic amines) is 1. The number of nitrogens with two attached hydrogens (primary N) is 1. The molecule has 1 saturated heterocycles. The van der Waals surface area contributed by atoms with Crippen LogP contribution in [0.1, 0.15) is 56.6 Å². The molecule has 2 atom stereocenters. The number of rotatable bonds is 5. The van der Waals surface area contributed by atoms with E-state index in [1.54, 1.807) is 0 Å². The first-order chi connectivity index (χ1) is 11.5. The first-order valence-corrected chi connectivity index (χ1v) is 9.41. The lowest BCUT2D eigenvalue weighted by Crippen LogP contribution is -2.52. The second kappa shape index (κ2) is 10.5. The van der Waals surface area contributed by atoms with Crippen LogP contribution in [0.25, 0.3) is 0 Å². The maximum absolute atomic E-state index is 12.5. The Kier molecular flexibility index (Phi) is 9.39. The standard InChI is InChI=1S/C20H31N3O.2ClH/c1-20(21)11-3-2-6-18(20)19(24)22-14-16-7-9-17(10-8-16)15-23-12-4-5-13-23;;/h7-10,18H,2-6,11-15,21H2,1H3,(H,22,24);2*1H. The molecule has 6 heteroatoms. The highest BCUT2D eigenvalue weighted by atomic mass is 35.5. The van der Waals surface area contributed by atoms with Gasteiger partial charge in [0, 0.05) is 18.6 Å². The molecule has 0 spiro atoms. The van der Waals surface area contributed by atoms with Crippen molar-refractivity contribution in [2.75, 3.05) is 13.1 Å². The molecular weight excluding hydrogens is 369 g/mol. The molecule has 4 nitrogen and oxygen atoms in total. The second-order valence-corrected chi connectivity index (χ2v) is 7.82. The topological polar surface area (TPSA) is 58.4 Å². The molecule has 0 radical (unpaired) electrons. The normalized spacial score (nSPS) is 25.8. The van der Waals surface area contributed by atoms with Crippen molar-refractivity contribution >= 4 is 30.7 Å². The van der Waals surface area contributed by atoms with Gasteiger partial charge in [-0.05, 0) is 56.8 Å². The number of carbonyl (C=O) groups excluding carboxylic acids is 1. The van der Waals surface area contributed by atoms with Crippen molar-refractivity contribution in [2.45, 2.75) is 64.1 Å². The third kappa shape index (κ3) is 6.12. The molecule has 1 saturated carbocycles. The van der Waals surface area contributed by atoms with Gasteiger partial charge in [-0.25, -0.2) is 0 Å². The number of nitrogens with zero attached hydrogens (tertiary/aromatic N) is 1. The minimum absolute atomic E-state index is 0. The number of hydrogen-bond acceptors (Lipinski definition) is 3. The first-order valence-electron chi connectivity index (χ1n) is 9.41. The molecular formula is C20H33Cl2N3O. The minimum atomic E-state index is -0.359. The molecule has 1 aliphatic carbocycles. The van der Waals surface area contributed by atoms with Crippen molar-refractivity contribution in [2.24, 2.45) is 11.7 Å². The number of halogens is 2. The number of amides is 1. The van der Waals surface area contributed by atoms with E-state index in [9.17, 15) is 4.79 Å². The van der Waals surface area contributed by atoms with Gasteiger partial charge in [-0.2, -0.15) is 0 Å². The molecule has 3 N–H and O–H groups in total. The van der Waals surface area contributed by atoms with E-state index < -0.39 is 0 Å². The molecule has 1 amide bonds. The van der Waals surface area contributed by atoms with Gasteiger partial charge >= 0.3 is 0 Å². The Bertz CT molecular complexity index is 557. The number of carbonyl (C=O) groups is 1. The molecule has 0 bridgehead atoms. The second-order valence-electron chi connectivity index (χ2n) is 7.82. The SMILES string of the molecule is CC1(N)CCCCC1C(=O)NCc1ccc(CN2CCCC2)cc1.Cl.Cl. The molecule has 2 aliphatic rings. The molecule has 1 heterocycles. The Balaban J connectivity index is 0.00000169. The smallest absolute Gasteiger partial charge is 0.225 e. The number of hydrogen-bond donors (Lipinski definition) is 2. The maximum atomic E-state index is 12.5. The van der Waals surface area contributed by atoms with Gasteiger partial charge in [-0.15, -0.1) is 24.8 Å². The van der Waals surface area contributed by atoms with Crippen LogP contribution in [0.2, 0.25) is 0 Å².